The lowest BCUT2D eigenvalue weighted by Crippen LogP contribution is -2.23. The van der Waals surface area contributed by atoms with Crippen molar-refractivity contribution in [3.05, 3.63) is 187 Å². The van der Waals surface area contributed by atoms with Crippen molar-refractivity contribution in [2.45, 2.75) is 6.54 Å². The number of hydrogen-bond donors (Lipinski definition) is 0. The molecule has 4 aromatic heterocycles. The van der Waals surface area contributed by atoms with E-state index in [1.807, 2.05) is 96.3 Å². The summed E-state index contributed by atoms with van der Waals surface area (Å²) in [5, 5.41) is 6.84. The summed E-state index contributed by atoms with van der Waals surface area (Å²) >= 11 is 1.84. The Hall–Kier alpha value is -7.15. The van der Waals surface area contributed by atoms with Gasteiger partial charge in [-0.2, -0.15) is 0 Å². The van der Waals surface area contributed by atoms with Gasteiger partial charge in [0, 0.05) is 70.3 Å². The summed E-state index contributed by atoms with van der Waals surface area (Å²) in [5.41, 5.74) is 7.33. The minimum Gasteiger partial charge on any atom is -0.457 e. The first-order valence-electron chi connectivity index (χ1n) is 18.5. The number of para-hydroxylation sites is 1. The lowest BCUT2D eigenvalue weighted by molar-refractivity contribution is 0.577. The normalized spacial score (nSPS) is 12.6. The zero-order chi connectivity index (χ0) is 37.6. The number of hydrogen-bond acceptors (Lipinski definition) is 5. The van der Waals surface area contributed by atoms with Crippen molar-refractivity contribution in [2.24, 2.45) is 0 Å². The average Bonchev–Trinajstić information content (AvgIpc) is 3.89. The highest BCUT2D eigenvalue weighted by Gasteiger charge is 2.20. The van der Waals surface area contributed by atoms with Crippen LogP contribution in [0.1, 0.15) is 0 Å². The maximum Gasteiger partial charge on any atom is 0.164 e. The first-order chi connectivity index (χ1) is 27.6. The maximum atomic E-state index is 6.51. The Balaban J connectivity index is 1.25. The molecule has 0 unspecified atom stereocenters. The van der Waals surface area contributed by atoms with Gasteiger partial charge in [-0.1, -0.05) is 153 Å². The van der Waals surface area contributed by atoms with E-state index in [0.29, 0.717) is 35.0 Å². The van der Waals surface area contributed by atoms with Gasteiger partial charge in [-0.25, -0.2) is 15.0 Å². The lowest BCUT2D eigenvalue weighted by Gasteiger charge is -2.11. The van der Waals surface area contributed by atoms with E-state index in [2.05, 4.69) is 96.6 Å². The van der Waals surface area contributed by atoms with Crippen molar-refractivity contribution in [1.82, 2.24) is 19.5 Å². The number of nitrogens with zero attached hydrogens (tertiary/aromatic N) is 4. The third-order valence-corrected chi connectivity index (χ3v) is 11.4. The summed E-state index contributed by atoms with van der Waals surface area (Å²) in [5.74, 6) is 1.76. The van der Waals surface area contributed by atoms with Gasteiger partial charge in [-0.05, 0) is 35.9 Å². The van der Waals surface area contributed by atoms with Crippen molar-refractivity contribution >= 4 is 76.4 Å². The predicted molar refractivity (Wildman–Crippen MR) is 235 cm³/mol. The highest BCUT2D eigenvalue weighted by atomic mass is 32.1. The van der Waals surface area contributed by atoms with Crippen LogP contribution in [0.15, 0.2) is 181 Å². The molecule has 10 rings (SSSR count). The molecule has 0 atom stereocenters. The number of aromatic nitrogens is 4. The molecule has 6 aromatic carbocycles. The van der Waals surface area contributed by atoms with E-state index in [1.54, 1.807) is 6.08 Å². The predicted octanol–water partition coefficient (Wildman–Crippen LogP) is 11.7. The van der Waals surface area contributed by atoms with E-state index in [-0.39, 0.29) is 0 Å². The van der Waals surface area contributed by atoms with Crippen LogP contribution in [-0.2, 0) is 6.54 Å². The monoisotopic (exact) mass is 738 g/mol. The van der Waals surface area contributed by atoms with Crippen LogP contribution in [0.5, 0.6) is 0 Å². The second-order valence-electron chi connectivity index (χ2n) is 13.7. The zero-order valence-electron chi connectivity index (χ0n) is 30.4. The van der Waals surface area contributed by atoms with Gasteiger partial charge in [0.25, 0.3) is 0 Å². The summed E-state index contributed by atoms with van der Waals surface area (Å²) in [6.07, 6.45) is 9.92. The van der Waals surface area contributed by atoms with E-state index >= 15 is 0 Å². The fraction of sp³-hybridized carbons (Fsp3) is 0.0200. The standard InChI is InChI=1S/C50H34N4OS/c1-3-4-5-8-22-35(31-54-41-26-15-13-23-36(41)39-29-40-37-24-14-16-28-44(37)56-45(40)30-42(39)54)46-32(2)55-43-27-17-25-38(47(43)46)50-52-48(33-18-9-6-10-19-33)51-49(53-50)34-20-11-7-12-21-34/h3-30H,1-2,31H2/b5-4-,22-8-,46-35-. The van der Waals surface area contributed by atoms with Crippen LogP contribution < -0.4 is 10.6 Å². The number of furan rings is 1. The molecule has 0 aliphatic rings. The van der Waals surface area contributed by atoms with Crippen LogP contribution >= 0.6 is 11.3 Å². The maximum absolute atomic E-state index is 6.51. The van der Waals surface area contributed by atoms with Crippen molar-refractivity contribution in [2.75, 3.05) is 0 Å². The van der Waals surface area contributed by atoms with Gasteiger partial charge < -0.3 is 8.98 Å². The molecule has 266 valence electrons. The summed E-state index contributed by atoms with van der Waals surface area (Å²) in [4.78, 5) is 15.2. The molecule has 0 aliphatic heterocycles. The number of fused-ring (bicyclic) bond motifs is 7. The van der Waals surface area contributed by atoms with Gasteiger partial charge in [0.1, 0.15) is 11.0 Å². The molecule has 0 bridgehead atoms. The molecule has 4 heterocycles. The van der Waals surface area contributed by atoms with Gasteiger partial charge in [0.05, 0.1) is 5.52 Å². The SMILES string of the molecule is C=C\C=C/C=C\C(Cn1c2ccccc2c2cc3c(cc21)sc1ccccc13)=c1/c(=C)oc2cccc(-c3nc(-c4ccccc4)nc(-c4ccccc4)n3)c12. The van der Waals surface area contributed by atoms with Crippen molar-refractivity contribution in [3.8, 4) is 34.2 Å². The molecule has 0 aliphatic carbocycles. The number of thiophene rings is 1. The average molecular weight is 739 g/mol. The third-order valence-electron chi connectivity index (χ3n) is 10.3. The van der Waals surface area contributed by atoms with Crippen LogP contribution in [0.25, 0.3) is 99.3 Å². The van der Waals surface area contributed by atoms with E-state index in [4.69, 9.17) is 19.4 Å². The molecule has 0 spiro atoms. The van der Waals surface area contributed by atoms with Crippen molar-refractivity contribution < 1.29 is 4.42 Å². The van der Waals surface area contributed by atoms with E-state index in [0.717, 1.165) is 38.4 Å². The number of allylic oxidation sites excluding steroid dienone is 5. The second-order valence-corrected chi connectivity index (χ2v) is 14.8. The van der Waals surface area contributed by atoms with Crippen LogP contribution in [0.3, 0.4) is 0 Å². The summed E-state index contributed by atoms with van der Waals surface area (Å²) < 4.78 is 11.5. The Labute approximate surface area is 326 Å². The molecule has 0 amide bonds. The van der Waals surface area contributed by atoms with Crippen LogP contribution in [-0.4, -0.2) is 19.5 Å². The molecular weight excluding hydrogens is 705 g/mol. The smallest absolute Gasteiger partial charge is 0.164 e. The molecule has 6 heteroatoms. The topological polar surface area (TPSA) is 56.7 Å². The Kier molecular flexibility index (Phi) is 8.31. The molecule has 56 heavy (non-hydrogen) atoms. The summed E-state index contributed by atoms with van der Waals surface area (Å²) in [6.45, 7) is 8.93. The second kappa shape index (κ2) is 13.9. The quantitative estimate of drug-likeness (QED) is 0.146. The molecular formula is C50H34N4OS. The third kappa shape index (κ3) is 5.75. The Morgan fingerprint density at radius 2 is 1.29 bits per heavy atom. The van der Waals surface area contributed by atoms with Crippen molar-refractivity contribution in [1.29, 1.82) is 0 Å². The Morgan fingerprint density at radius 3 is 2.04 bits per heavy atom. The van der Waals surface area contributed by atoms with Gasteiger partial charge in [-0.3, -0.25) is 0 Å². The van der Waals surface area contributed by atoms with Crippen LogP contribution in [0.2, 0.25) is 0 Å². The minimum atomic E-state index is 0.559. The van der Waals surface area contributed by atoms with Crippen LogP contribution in [0.4, 0.5) is 0 Å². The lowest BCUT2D eigenvalue weighted by atomic mass is 10.0. The Morgan fingerprint density at radius 1 is 0.607 bits per heavy atom. The molecule has 0 saturated carbocycles. The molecule has 0 radical (unpaired) electrons. The highest BCUT2D eigenvalue weighted by molar-refractivity contribution is 7.25. The van der Waals surface area contributed by atoms with Gasteiger partial charge >= 0.3 is 0 Å². The van der Waals surface area contributed by atoms with Crippen molar-refractivity contribution in [3.63, 3.8) is 0 Å². The van der Waals surface area contributed by atoms with Crippen LogP contribution in [0, 0.1) is 0 Å². The molecule has 0 saturated heterocycles. The highest BCUT2D eigenvalue weighted by Crippen LogP contribution is 2.40. The first kappa shape index (κ1) is 33.4. The first-order valence-corrected chi connectivity index (χ1v) is 19.4. The van der Waals surface area contributed by atoms with Gasteiger partial charge in [0.2, 0.25) is 0 Å². The Bertz CT molecular complexity index is 3260. The molecule has 5 nitrogen and oxygen atoms in total. The van der Waals surface area contributed by atoms with Gasteiger partial charge in [0.15, 0.2) is 17.5 Å². The summed E-state index contributed by atoms with van der Waals surface area (Å²) in [7, 11) is 0. The molecule has 10 aromatic rings. The molecule has 0 N–H and O–H groups in total. The number of benzene rings is 6. The zero-order valence-corrected chi connectivity index (χ0v) is 31.2. The van der Waals surface area contributed by atoms with E-state index in [9.17, 15) is 0 Å². The minimum absolute atomic E-state index is 0.559. The van der Waals surface area contributed by atoms with Gasteiger partial charge in [-0.15, -0.1) is 11.3 Å². The fourth-order valence-corrected chi connectivity index (χ4v) is 8.91. The summed E-state index contributed by atoms with van der Waals surface area (Å²) in [6, 6.07) is 48.2. The molecule has 0 fully saturated rings. The number of rotatable bonds is 8. The largest absolute Gasteiger partial charge is 0.457 e. The fourth-order valence-electron chi connectivity index (χ4n) is 7.79. The van der Waals surface area contributed by atoms with E-state index < -0.39 is 0 Å². The van der Waals surface area contributed by atoms with E-state index in [1.165, 1.54) is 36.5 Å².